The maximum Gasteiger partial charge on any atom is 0.407 e. The summed E-state index contributed by atoms with van der Waals surface area (Å²) in [6.45, 7) is 14.0. The maximum absolute atomic E-state index is 11.6. The molecular weight excluding hydrogens is 242 g/mol. The van der Waals surface area contributed by atoms with Crippen LogP contribution >= 0.6 is 0 Å². The highest BCUT2D eigenvalue weighted by atomic mass is 16.6. The lowest BCUT2D eigenvalue weighted by Crippen LogP contribution is -2.49. The summed E-state index contributed by atoms with van der Waals surface area (Å²) in [6, 6.07) is 0.117. The first kappa shape index (κ1) is 18.2. The van der Waals surface area contributed by atoms with Gasteiger partial charge in [0.05, 0.1) is 0 Å². The van der Waals surface area contributed by atoms with Crippen LogP contribution in [-0.2, 0) is 4.74 Å². The van der Waals surface area contributed by atoms with E-state index in [0.717, 1.165) is 6.54 Å². The van der Waals surface area contributed by atoms with E-state index in [9.17, 15) is 4.79 Å². The molecule has 0 aliphatic carbocycles. The molecule has 0 saturated heterocycles. The third-order valence-electron chi connectivity index (χ3n) is 2.50. The van der Waals surface area contributed by atoms with Gasteiger partial charge >= 0.3 is 6.09 Å². The number of likely N-dealkylation sites (N-methyl/N-ethyl adjacent to an activating group) is 1. The van der Waals surface area contributed by atoms with Crippen LogP contribution in [0.25, 0.3) is 0 Å². The van der Waals surface area contributed by atoms with Gasteiger partial charge in [-0.15, -0.1) is 0 Å². The fourth-order valence-electron chi connectivity index (χ4n) is 1.81. The first-order valence-electron chi connectivity index (χ1n) is 6.82. The van der Waals surface area contributed by atoms with Gasteiger partial charge in [0, 0.05) is 25.7 Å². The van der Waals surface area contributed by atoms with E-state index in [-0.39, 0.29) is 11.5 Å². The Morgan fingerprint density at radius 2 is 1.79 bits per heavy atom. The largest absolute Gasteiger partial charge is 0.444 e. The average Bonchev–Trinajstić information content (AvgIpc) is 2.12. The van der Waals surface area contributed by atoms with Crippen molar-refractivity contribution >= 4 is 6.09 Å². The van der Waals surface area contributed by atoms with Gasteiger partial charge in [-0.2, -0.15) is 0 Å². The van der Waals surface area contributed by atoms with Crippen molar-refractivity contribution in [1.82, 2.24) is 10.2 Å². The van der Waals surface area contributed by atoms with Crippen molar-refractivity contribution in [2.45, 2.75) is 53.2 Å². The second kappa shape index (κ2) is 7.10. The molecule has 0 aromatic rings. The number of nitrogens with one attached hydrogen (secondary N) is 1. The predicted molar refractivity (Wildman–Crippen MR) is 79.2 cm³/mol. The van der Waals surface area contributed by atoms with Crippen LogP contribution in [0.2, 0.25) is 0 Å². The van der Waals surface area contributed by atoms with Gasteiger partial charge in [-0.1, -0.05) is 20.8 Å². The van der Waals surface area contributed by atoms with E-state index in [0.29, 0.717) is 13.1 Å². The van der Waals surface area contributed by atoms with Crippen molar-refractivity contribution in [3.05, 3.63) is 0 Å². The Bertz CT molecular complexity index is 279. The first-order chi connectivity index (χ1) is 8.44. The zero-order chi connectivity index (χ0) is 15.3. The Morgan fingerprint density at radius 3 is 2.16 bits per heavy atom. The Morgan fingerprint density at radius 1 is 1.26 bits per heavy atom. The Balaban J connectivity index is 4.23. The van der Waals surface area contributed by atoms with Crippen molar-refractivity contribution < 1.29 is 9.53 Å². The van der Waals surface area contributed by atoms with E-state index in [1.54, 1.807) is 0 Å². The Hall–Kier alpha value is -0.810. The van der Waals surface area contributed by atoms with E-state index in [2.05, 4.69) is 31.0 Å². The molecule has 114 valence electrons. The molecule has 0 bridgehead atoms. The summed E-state index contributed by atoms with van der Waals surface area (Å²) >= 11 is 0. The number of ether oxygens (including phenoxy) is 1. The molecular formula is C14H31N3O2. The highest BCUT2D eigenvalue weighted by Gasteiger charge is 2.21. The second-order valence-electron chi connectivity index (χ2n) is 7.25. The van der Waals surface area contributed by atoms with Gasteiger partial charge in [-0.05, 0) is 33.2 Å². The minimum Gasteiger partial charge on any atom is -0.444 e. The summed E-state index contributed by atoms with van der Waals surface area (Å²) in [7, 11) is 2.03. The summed E-state index contributed by atoms with van der Waals surface area (Å²) < 4.78 is 5.20. The normalized spacial score (nSPS) is 14.4. The zero-order valence-electron chi connectivity index (χ0n) is 13.5. The minimum absolute atomic E-state index is 0.117. The van der Waals surface area contributed by atoms with Crippen LogP contribution in [0, 0.1) is 5.41 Å². The van der Waals surface area contributed by atoms with E-state index in [1.165, 1.54) is 0 Å². The molecule has 19 heavy (non-hydrogen) atoms. The third-order valence-corrected chi connectivity index (χ3v) is 2.50. The van der Waals surface area contributed by atoms with Crippen molar-refractivity contribution in [2.75, 3.05) is 26.7 Å². The molecule has 1 unspecified atom stereocenters. The Kier molecular flexibility index (Phi) is 6.80. The van der Waals surface area contributed by atoms with E-state index in [4.69, 9.17) is 10.5 Å². The number of hydrogen-bond acceptors (Lipinski definition) is 4. The standard InChI is InChI=1S/C14H31N3O2/c1-13(2,3)10-17(7)11(8-15)9-16-12(18)19-14(4,5)6/h11H,8-10,15H2,1-7H3,(H,16,18). The zero-order valence-corrected chi connectivity index (χ0v) is 13.5. The number of carbonyl (C=O) groups is 1. The number of rotatable bonds is 5. The molecule has 3 N–H and O–H groups in total. The summed E-state index contributed by atoms with van der Waals surface area (Å²) in [4.78, 5) is 13.8. The smallest absolute Gasteiger partial charge is 0.407 e. The lowest BCUT2D eigenvalue weighted by Gasteiger charge is -2.33. The van der Waals surface area contributed by atoms with Gasteiger partial charge in [-0.25, -0.2) is 4.79 Å². The average molecular weight is 273 g/mol. The first-order valence-corrected chi connectivity index (χ1v) is 6.82. The molecule has 0 radical (unpaired) electrons. The molecule has 0 spiro atoms. The van der Waals surface area contributed by atoms with Crippen LogP contribution in [0.3, 0.4) is 0 Å². The van der Waals surface area contributed by atoms with E-state index in [1.807, 2.05) is 27.8 Å². The maximum atomic E-state index is 11.6. The van der Waals surface area contributed by atoms with Gasteiger partial charge in [0.2, 0.25) is 0 Å². The number of hydrogen-bond donors (Lipinski definition) is 2. The summed E-state index contributed by atoms with van der Waals surface area (Å²) in [5.74, 6) is 0. The van der Waals surface area contributed by atoms with Gasteiger partial charge in [0.15, 0.2) is 0 Å². The molecule has 0 aliphatic heterocycles. The Labute approximate surface area is 117 Å². The minimum atomic E-state index is -0.473. The van der Waals surface area contributed by atoms with Gasteiger partial charge in [0.25, 0.3) is 0 Å². The highest BCUT2D eigenvalue weighted by Crippen LogP contribution is 2.15. The molecule has 1 amide bonds. The van der Waals surface area contributed by atoms with Gasteiger partial charge in [-0.3, -0.25) is 4.90 Å². The van der Waals surface area contributed by atoms with Crippen molar-refractivity contribution in [2.24, 2.45) is 11.1 Å². The molecule has 0 saturated carbocycles. The summed E-state index contributed by atoms with van der Waals surface area (Å²) in [5.41, 5.74) is 5.50. The molecule has 0 rings (SSSR count). The topological polar surface area (TPSA) is 67.6 Å². The third kappa shape index (κ3) is 9.73. The number of nitrogens with zero attached hydrogens (tertiary/aromatic N) is 1. The lowest BCUT2D eigenvalue weighted by molar-refractivity contribution is 0.0508. The fourth-order valence-corrected chi connectivity index (χ4v) is 1.81. The predicted octanol–water partition coefficient (Wildman–Crippen LogP) is 1.82. The van der Waals surface area contributed by atoms with Crippen LogP contribution in [0.5, 0.6) is 0 Å². The molecule has 0 aromatic carbocycles. The molecule has 5 nitrogen and oxygen atoms in total. The van der Waals surface area contributed by atoms with Crippen molar-refractivity contribution in [3.8, 4) is 0 Å². The number of amides is 1. The number of carbonyl (C=O) groups excluding carboxylic acids is 1. The molecule has 0 fully saturated rings. The van der Waals surface area contributed by atoms with Gasteiger partial charge in [0.1, 0.15) is 5.60 Å². The second-order valence-corrected chi connectivity index (χ2v) is 7.25. The summed E-state index contributed by atoms with van der Waals surface area (Å²) in [6.07, 6.45) is -0.393. The van der Waals surface area contributed by atoms with Crippen LogP contribution in [-0.4, -0.2) is 49.3 Å². The van der Waals surface area contributed by atoms with Crippen LogP contribution in [0.15, 0.2) is 0 Å². The quantitative estimate of drug-likeness (QED) is 0.802. The molecule has 0 heterocycles. The van der Waals surface area contributed by atoms with Crippen molar-refractivity contribution in [3.63, 3.8) is 0 Å². The van der Waals surface area contributed by atoms with Crippen LogP contribution < -0.4 is 11.1 Å². The number of alkyl carbamates (subject to hydrolysis) is 1. The fraction of sp³-hybridized carbons (Fsp3) is 0.929. The number of nitrogens with two attached hydrogens (primary N) is 1. The molecule has 1 atom stereocenters. The lowest BCUT2D eigenvalue weighted by atomic mass is 9.95. The van der Waals surface area contributed by atoms with E-state index < -0.39 is 11.7 Å². The highest BCUT2D eigenvalue weighted by molar-refractivity contribution is 5.67. The van der Waals surface area contributed by atoms with Crippen LogP contribution in [0.1, 0.15) is 41.5 Å². The van der Waals surface area contributed by atoms with E-state index >= 15 is 0 Å². The van der Waals surface area contributed by atoms with Gasteiger partial charge < -0.3 is 15.8 Å². The molecule has 0 aliphatic rings. The monoisotopic (exact) mass is 273 g/mol. The summed E-state index contributed by atoms with van der Waals surface area (Å²) in [5, 5.41) is 2.77. The van der Waals surface area contributed by atoms with Crippen LogP contribution in [0.4, 0.5) is 4.79 Å². The SMILES string of the molecule is CN(CC(C)(C)C)C(CN)CNC(=O)OC(C)(C)C. The molecule has 5 heteroatoms. The molecule has 0 aromatic heterocycles. The van der Waals surface area contributed by atoms with Crippen molar-refractivity contribution in [1.29, 1.82) is 0 Å².